The lowest BCUT2D eigenvalue weighted by molar-refractivity contribution is -0.123. The van der Waals surface area contributed by atoms with Gasteiger partial charge in [0.1, 0.15) is 5.60 Å². The Balaban J connectivity index is 0.000000297. The zero-order chi connectivity index (χ0) is 73.8. The molecular weight excluding hydrogens is 1270 g/mol. The zero-order valence-electron chi connectivity index (χ0n) is 64.3. The summed E-state index contributed by atoms with van der Waals surface area (Å²) in [6, 6.07) is 33.1. The second-order valence-electron chi connectivity index (χ2n) is 34.2. The van der Waals surface area contributed by atoms with E-state index in [1.165, 1.54) is 102 Å². The van der Waals surface area contributed by atoms with Gasteiger partial charge in [0.2, 0.25) is 29.5 Å². The van der Waals surface area contributed by atoms with Crippen molar-refractivity contribution in [3.05, 3.63) is 154 Å². The molecule has 0 saturated carbocycles. The summed E-state index contributed by atoms with van der Waals surface area (Å²) in [7, 11) is 0. The number of rotatable bonds is 15. The fourth-order valence-corrected chi connectivity index (χ4v) is 18.3. The normalized spacial score (nSPS) is 21.9. The van der Waals surface area contributed by atoms with E-state index < -0.39 is 5.60 Å². The van der Waals surface area contributed by atoms with Gasteiger partial charge in [0.25, 0.3) is 0 Å². The number of ether oxygens (including phenoxy) is 1. The van der Waals surface area contributed by atoms with E-state index in [9.17, 15) is 28.8 Å². The maximum absolute atomic E-state index is 12.4. The van der Waals surface area contributed by atoms with Gasteiger partial charge in [-0.25, -0.2) is 4.79 Å². The second-order valence-corrected chi connectivity index (χ2v) is 34.2. The van der Waals surface area contributed by atoms with E-state index in [4.69, 9.17) is 11.2 Å². The molecular formula is C86H133N9O7. The van der Waals surface area contributed by atoms with Gasteiger partial charge in [-0.05, 0) is 225 Å². The molecule has 4 aliphatic carbocycles. The molecule has 16 nitrogen and oxygen atoms in total. The van der Waals surface area contributed by atoms with E-state index in [0.29, 0.717) is 36.9 Å². The Morgan fingerprint density at radius 1 is 0.559 bits per heavy atom. The molecule has 6 amide bonds. The molecule has 4 aromatic carbocycles. The minimum Gasteiger partial charge on any atom is -0.444 e. The Bertz CT molecular complexity index is 3650. The van der Waals surface area contributed by atoms with Crippen molar-refractivity contribution in [2.24, 2.45) is 10.8 Å². The quantitative estimate of drug-likeness (QED) is 0.0567. The topological polar surface area (TPSA) is 185 Å². The van der Waals surface area contributed by atoms with Gasteiger partial charge in [-0.3, -0.25) is 28.9 Å². The third kappa shape index (κ3) is 19.9. The first-order valence-corrected chi connectivity index (χ1v) is 38.3. The van der Waals surface area contributed by atoms with Crippen LogP contribution in [0.5, 0.6) is 0 Å². The lowest BCUT2D eigenvalue weighted by Crippen LogP contribution is -2.46. The Labute approximate surface area is 619 Å². The van der Waals surface area contributed by atoms with Gasteiger partial charge in [-0.15, -0.1) is 13.0 Å². The standard InChI is InChI=1S/C23H36N2O.C22H32N2O.C21H30N2O3.C20H25N3O2.5H2/c1-5-8-21(26)24-20-17-23(19-10-7-6-9-18(19)20)12-15-25(16-13-23)14-11-22(2,3)4;1-5-10-21(3,4)16-24-13-11-22(12-14-24)15-20(23-17(2)25)18-8-6-7-9-19(18)22;1-14-6-7-17-16(12-14)18(22-15(2)24)13-21(17)8-10-23(11-9-21)19(25)26-20(3,4)5;1-3-10-21-19(25)14-23-11-8-20(9-12-23)13-18(22-15(2)24)16-6-4-5-7-17(16)20;;;;;/h6-7,9-10,20H,5,8,11-17H2,1-4H3,(H,24,26);5-9,20H,1,10-16H2,2-4H3,(H,23,25);6-7,12,18H,8-11,13H2,1-5H3,(H,22,24);1,4-7,18H,8-14H2,2H3,(H,21,25)(H,22,24);5*1H/t2*20-;2*18-;;;;;/m0000...../s1. The van der Waals surface area contributed by atoms with Crippen LogP contribution in [0.3, 0.4) is 0 Å². The van der Waals surface area contributed by atoms with E-state index in [1.54, 1.807) is 20.8 Å². The Hall–Kier alpha value is -7.32. The molecule has 0 aromatic heterocycles. The molecule has 4 spiro atoms. The lowest BCUT2D eigenvalue weighted by atomic mass is 9.73. The number of allylic oxidation sites excluding steroid dienone is 1. The second kappa shape index (κ2) is 33.6. The summed E-state index contributed by atoms with van der Waals surface area (Å²) in [4.78, 5) is 80.5. The number of benzene rings is 4. The monoisotopic (exact) mass is 1400 g/mol. The molecule has 564 valence electrons. The Kier molecular flexibility index (Phi) is 26.0. The van der Waals surface area contributed by atoms with Crippen molar-refractivity contribution in [2.75, 3.05) is 78.5 Å². The van der Waals surface area contributed by atoms with E-state index in [0.717, 1.165) is 96.9 Å². The fraction of sp³-hybridized carbons (Fsp3) is 0.605. The van der Waals surface area contributed by atoms with Crippen molar-refractivity contribution in [1.82, 2.24) is 46.2 Å². The van der Waals surface area contributed by atoms with Crippen LogP contribution in [0.1, 0.15) is 267 Å². The SMILES string of the molecule is C#CCNC(=O)CN1CCC2(CC1)C[C@H](NC(C)=O)c1ccccc12.C=CCC(C)(C)CN1CCC2(CC1)C[C@H](NC(C)=O)c1ccccc12.CC(=O)N[C@H]1CC2(CCN(C(=O)OC(C)(C)C)CC2)c2ccc(C)cc21.CCCC(=O)N[C@H]1CC2(CCN(CCC(C)(C)C)CC2)c2ccccc21.[HH].[HH].[HH].[HH].[HH]. The largest absolute Gasteiger partial charge is 0.444 e. The van der Waals surface area contributed by atoms with Gasteiger partial charge in [0, 0.05) is 75.6 Å². The van der Waals surface area contributed by atoms with Crippen molar-refractivity contribution >= 4 is 35.6 Å². The molecule has 4 saturated heterocycles. The zero-order valence-corrected chi connectivity index (χ0v) is 64.3. The van der Waals surface area contributed by atoms with Crippen LogP contribution < -0.4 is 26.6 Å². The number of hydrogen-bond donors (Lipinski definition) is 5. The minimum absolute atomic E-state index is 0. The average Bonchev–Trinajstić information content (AvgIpc) is 1.61. The van der Waals surface area contributed by atoms with Crippen LogP contribution in [0, 0.1) is 30.1 Å². The summed E-state index contributed by atoms with van der Waals surface area (Å²) < 4.78 is 5.52. The number of hydrogen-bond acceptors (Lipinski definition) is 10. The number of fused-ring (bicyclic) bond motifs is 8. The van der Waals surface area contributed by atoms with Crippen molar-refractivity contribution in [2.45, 2.75) is 244 Å². The number of amides is 6. The lowest BCUT2D eigenvalue weighted by Gasteiger charge is -2.43. The third-order valence-electron chi connectivity index (χ3n) is 23.3. The van der Waals surface area contributed by atoms with Gasteiger partial charge < -0.3 is 46.0 Å². The summed E-state index contributed by atoms with van der Waals surface area (Å²) in [5.74, 6) is 2.69. The summed E-state index contributed by atoms with van der Waals surface area (Å²) in [5, 5.41) is 15.4. The summed E-state index contributed by atoms with van der Waals surface area (Å²) >= 11 is 0. The molecule has 16 heteroatoms. The van der Waals surface area contributed by atoms with Crippen LogP contribution >= 0.6 is 0 Å². The minimum atomic E-state index is -0.472. The first-order chi connectivity index (χ1) is 48.3. The van der Waals surface area contributed by atoms with E-state index in [-0.39, 0.29) is 95.1 Å². The van der Waals surface area contributed by atoms with Crippen molar-refractivity contribution < 1.29 is 40.6 Å². The maximum atomic E-state index is 12.4. The molecule has 4 aliphatic heterocycles. The van der Waals surface area contributed by atoms with Crippen LogP contribution in [0.15, 0.2) is 104 Å². The predicted octanol–water partition coefficient (Wildman–Crippen LogP) is 15.4. The molecule has 102 heavy (non-hydrogen) atoms. The molecule has 4 heterocycles. The third-order valence-corrected chi connectivity index (χ3v) is 23.3. The predicted molar refractivity (Wildman–Crippen MR) is 420 cm³/mol. The number of likely N-dealkylation sites (tertiary alicyclic amines) is 4. The fourth-order valence-electron chi connectivity index (χ4n) is 18.3. The van der Waals surface area contributed by atoms with Crippen molar-refractivity contribution in [3.63, 3.8) is 0 Å². The average molecular weight is 1410 g/mol. The molecule has 0 radical (unpaired) electrons. The molecule has 4 fully saturated rings. The van der Waals surface area contributed by atoms with Crippen LogP contribution in [0.2, 0.25) is 0 Å². The molecule has 0 unspecified atom stereocenters. The van der Waals surface area contributed by atoms with Gasteiger partial charge in [-0.2, -0.15) is 0 Å². The van der Waals surface area contributed by atoms with Crippen LogP contribution in [0.4, 0.5) is 4.79 Å². The molecule has 5 N–H and O–H groups in total. The highest BCUT2D eigenvalue weighted by atomic mass is 16.6. The molecule has 4 atom stereocenters. The first-order valence-electron chi connectivity index (χ1n) is 38.3. The van der Waals surface area contributed by atoms with Gasteiger partial charge in [0.05, 0.1) is 37.3 Å². The Morgan fingerprint density at radius 3 is 1.37 bits per heavy atom. The van der Waals surface area contributed by atoms with E-state index >= 15 is 0 Å². The van der Waals surface area contributed by atoms with Crippen molar-refractivity contribution in [3.8, 4) is 12.3 Å². The maximum Gasteiger partial charge on any atom is 0.410 e. The van der Waals surface area contributed by atoms with Crippen molar-refractivity contribution in [1.29, 1.82) is 0 Å². The summed E-state index contributed by atoms with van der Waals surface area (Å²) in [6.45, 7) is 40.9. The number of nitrogens with zero attached hydrogens (tertiary/aromatic N) is 4. The van der Waals surface area contributed by atoms with Crippen LogP contribution in [0.25, 0.3) is 0 Å². The number of carbonyl (C=O) groups is 6. The summed E-state index contributed by atoms with van der Waals surface area (Å²) in [6.07, 6.45) is 23.4. The van der Waals surface area contributed by atoms with Crippen LogP contribution in [-0.4, -0.2) is 139 Å². The summed E-state index contributed by atoms with van der Waals surface area (Å²) in [5.41, 5.74) is 12.9. The van der Waals surface area contributed by atoms with Gasteiger partial charge in [0.15, 0.2) is 0 Å². The van der Waals surface area contributed by atoms with Crippen LogP contribution in [-0.2, 0) is 50.4 Å². The van der Waals surface area contributed by atoms with E-state index in [1.807, 2.05) is 37.8 Å². The number of aryl methyl sites for hydroxylation is 1. The highest BCUT2D eigenvalue weighted by molar-refractivity contribution is 5.79. The number of nitrogens with one attached hydrogen (secondary N) is 5. The number of terminal acetylenes is 1. The van der Waals surface area contributed by atoms with Gasteiger partial charge in [-0.1, -0.05) is 150 Å². The number of piperidine rings is 4. The Morgan fingerprint density at radius 2 is 0.961 bits per heavy atom. The first kappa shape index (κ1) is 78.8. The highest BCUT2D eigenvalue weighted by Crippen LogP contribution is 2.55. The molecule has 8 aliphatic rings. The smallest absolute Gasteiger partial charge is 0.410 e. The van der Waals surface area contributed by atoms with E-state index in [2.05, 4.69) is 187 Å². The van der Waals surface area contributed by atoms with Gasteiger partial charge >= 0.3 is 6.09 Å². The number of carbonyl (C=O) groups excluding carboxylic acids is 6. The molecule has 0 bridgehead atoms. The molecule has 4 aromatic rings. The molecule has 12 rings (SSSR count). The highest BCUT2D eigenvalue weighted by Gasteiger charge is 2.50.